The van der Waals surface area contributed by atoms with E-state index < -0.39 is 0 Å². The topological polar surface area (TPSA) is 58.3 Å². The molecule has 0 aromatic carbocycles. The zero-order valence-corrected chi connectivity index (χ0v) is 9.89. The third-order valence-corrected chi connectivity index (χ3v) is 2.43. The predicted molar refractivity (Wildman–Crippen MR) is 62.7 cm³/mol. The average Bonchev–Trinajstić information content (AvgIpc) is 2.65. The van der Waals surface area contributed by atoms with Gasteiger partial charge in [-0.15, -0.1) is 4.98 Å². The van der Waals surface area contributed by atoms with E-state index in [0.29, 0.717) is 11.3 Å². The summed E-state index contributed by atoms with van der Waals surface area (Å²) in [4.78, 5) is 11.6. The fourth-order valence-corrected chi connectivity index (χ4v) is 1.63. The molecule has 0 bridgehead atoms. The van der Waals surface area contributed by atoms with Crippen molar-refractivity contribution in [2.75, 3.05) is 0 Å². The molecule has 2 aromatic heterocycles. The first-order valence-electron chi connectivity index (χ1n) is 5.13. The molecule has 0 amide bonds. The van der Waals surface area contributed by atoms with Crippen molar-refractivity contribution in [3.63, 3.8) is 0 Å². The number of imidazole rings is 1. The number of rotatable bonds is 0. The number of hydrogen-bond acceptors (Lipinski definition) is 3. The number of nitriles is 1. The molecule has 0 saturated carbocycles. The van der Waals surface area contributed by atoms with E-state index in [4.69, 9.17) is 6.57 Å². The van der Waals surface area contributed by atoms with Crippen molar-refractivity contribution in [3.05, 3.63) is 35.2 Å². The van der Waals surface area contributed by atoms with Gasteiger partial charge in [-0.05, 0) is 0 Å². The fourth-order valence-electron chi connectivity index (χ4n) is 1.63. The Morgan fingerprint density at radius 3 is 2.71 bits per heavy atom. The van der Waals surface area contributed by atoms with Crippen molar-refractivity contribution in [3.8, 4) is 6.07 Å². The lowest BCUT2D eigenvalue weighted by Crippen LogP contribution is -2.13. The van der Waals surface area contributed by atoms with E-state index in [2.05, 4.69) is 20.9 Å². The summed E-state index contributed by atoms with van der Waals surface area (Å²) in [5, 5.41) is 9.20. The number of hydrogen-bond donors (Lipinski definition) is 0. The molecule has 0 spiro atoms. The number of fused-ring (bicyclic) bond motifs is 1. The number of aromatic nitrogens is 3. The van der Waals surface area contributed by atoms with E-state index in [1.54, 1.807) is 10.5 Å². The van der Waals surface area contributed by atoms with E-state index in [-0.39, 0.29) is 11.2 Å². The molecule has 0 unspecified atom stereocenters. The van der Waals surface area contributed by atoms with Gasteiger partial charge in [0.1, 0.15) is 11.7 Å². The zero-order chi connectivity index (χ0) is 12.6. The molecule has 17 heavy (non-hydrogen) atoms. The van der Waals surface area contributed by atoms with E-state index in [9.17, 15) is 5.26 Å². The molecule has 0 radical (unpaired) electrons. The lowest BCUT2D eigenvalue weighted by molar-refractivity contribution is 0.571. The van der Waals surface area contributed by atoms with Gasteiger partial charge in [-0.2, -0.15) is 5.26 Å². The van der Waals surface area contributed by atoms with Gasteiger partial charge >= 0.3 is 0 Å². The molecule has 5 nitrogen and oxygen atoms in total. The van der Waals surface area contributed by atoms with Crippen LogP contribution in [-0.2, 0) is 5.41 Å². The van der Waals surface area contributed by atoms with Crippen LogP contribution in [0.15, 0.2) is 12.4 Å². The van der Waals surface area contributed by atoms with E-state index in [1.165, 1.54) is 6.33 Å². The second-order valence-electron chi connectivity index (χ2n) is 4.76. The smallest absolute Gasteiger partial charge is 0.274 e. The summed E-state index contributed by atoms with van der Waals surface area (Å²) in [6.07, 6.45) is 1.48. The Bertz CT molecular complexity index is 661. The van der Waals surface area contributed by atoms with Crippen molar-refractivity contribution in [1.29, 1.82) is 5.26 Å². The molecule has 2 rings (SSSR count). The van der Waals surface area contributed by atoms with Gasteiger partial charge in [-0.25, -0.2) is 4.98 Å². The summed E-state index contributed by atoms with van der Waals surface area (Å²) >= 11 is 0. The Balaban J connectivity index is 2.82. The molecule has 2 heterocycles. The monoisotopic (exact) mass is 225 g/mol. The molecule has 2 aromatic rings. The highest BCUT2D eigenvalue weighted by atomic mass is 15.1. The molecule has 0 fully saturated rings. The molecule has 0 aliphatic rings. The summed E-state index contributed by atoms with van der Waals surface area (Å²) in [6.45, 7) is 12.9. The molecular formula is C12H11N5. The minimum atomic E-state index is -0.213. The minimum absolute atomic E-state index is 0.213. The van der Waals surface area contributed by atoms with Crippen LogP contribution in [-0.4, -0.2) is 14.4 Å². The van der Waals surface area contributed by atoms with Gasteiger partial charge in [-0.1, -0.05) is 27.3 Å². The Hall–Kier alpha value is -2.40. The van der Waals surface area contributed by atoms with Crippen LogP contribution in [0.2, 0.25) is 0 Å². The van der Waals surface area contributed by atoms with Crippen LogP contribution in [0.1, 0.15) is 32.2 Å². The maximum Gasteiger partial charge on any atom is 0.274 e. The van der Waals surface area contributed by atoms with Crippen LogP contribution in [0, 0.1) is 17.9 Å². The molecular weight excluding hydrogens is 214 g/mol. The normalized spacial score (nSPS) is 11.1. The molecule has 0 aliphatic heterocycles. The summed E-state index contributed by atoms with van der Waals surface area (Å²) in [5.74, 6) is 0.285. The highest BCUT2D eigenvalue weighted by Gasteiger charge is 2.24. The second-order valence-corrected chi connectivity index (χ2v) is 4.76. The first kappa shape index (κ1) is 11.1. The van der Waals surface area contributed by atoms with E-state index in [0.717, 1.165) is 5.69 Å². The maximum absolute atomic E-state index is 9.20. The van der Waals surface area contributed by atoms with Crippen LogP contribution in [0.25, 0.3) is 10.5 Å². The molecule has 0 aliphatic carbocycles. The first-order chi connectivity index (χ1) is 7.97. The van der Waals surface area contributed by atoms with Crippen molar-refractivity contribution >= 4 is 11.5 Å². The predicted octanol–water partition coefficient (Wildman–Crippen LogP) is 2.45. The van der Waals surface area contributed by atoms with Crippen molar-refractivity contribution < 1.29 is 0 Å². The van der Waals surface area contributed by atoms with Crippen LogP contribution in [0.3, 0.4) is 0 Å². The van der Waals surface area contributed by atoms with Gasteiger partial charge in [0.15, 0.2) is 12.0 Å². The van der Waals surface area contributed by atoms with Crippen LogP contribution < -0.4 is 0 Å². The van der Waals surface area contributed by atoms with Gasteiger partial charge in [0, 0.05) is 11.5 Å². The van der Waals surface area contributed by atoms with Gasteiger partial charge in [0.05, 0.1) is 5.69 Å². The van der Waals surface area contributed by atoms with Crippen molar-refractivity contribution in [1.82, 2.24) is 14.4 Å². The third kappa shape index (κ3) is 1.72. The van der Waals surface area contributed by atoms with Crippen molar-refractivity contribution in [2.45, 2.75) is 26.2 Å². The second kappa shape index (κ2) is 3.57. The summed E-state index contributed by atoms with van der Waals surface area (Å²) in [7, 11) is 0. The average molecular weight is 225 g/mol. The van der Waals surface area contributed by atoms with Gasteiger partial charge in [-0.3, -0.25) is 4.40 Å². The molecule has 0 atom stereocenters. The minimum Gasteiger partial charge on any atom is -0.360 e. The molecule has 5 heteroatoms. The van der Waals surface area contributed by atoms with Gasteiger partial charge in [0.2, 0.25) is 0 Å². The lowest BCUT2D eigenvalue weighted by Gasteiger charge is -2.14. The Morgan fingerprint density at radius 1 is 1.47 bits per heavy atom. The Labute approximate surface area is 99.2 Å². The quantitative estimate of drug-likeness (QED) is 0.647. The lowest BCUT2D eigenvalue weighted by atomic mass is 9.91. The fraction of sp³-hybridized carbons (Fsp3) is 0.333. The Morgan fingerprint density at radius 2 is 2.18 bits per heavy atom. The molecule has 0 N–H and O–H groups in total. The van der Waals surface area contributed by atoms with Crippen molar-refractivity contribution in [2.24, 2.45) is 0 Å². The van der Waals surface area contributed by atoms with E-state index >= 15 is 0 Å². The summed E-state index contributed by atoms with van der Waals surface area (Å²) < 4.78 is 1.62. The standard InChI is InChI=1S/C12H11N5/c1-12(2,3)11-8(6-13)17-7-15-9(14-4)5-10(17)16-11/h5,7H,1-3H3. The van der Waals surface area contributed by atoms with Gasteiger partial charge < -0.3 is 4.85 Å². The van der Waals surface area contributed by atoms with Crippen LogP contribution in [0.4, 0.5) is 5.82 Å². The molecule has 84 valence electrons. The molecule has 0 saturated heterocycles. The first-order valence-corrected chi connectivity index (χ1v) is 5.13. The third-order valence-electron chi connectivity index (χ3n) is 2.43. The maximum atomic E-state index is 9.20. The highest BCUT2D eigenvalue weighted by Crippen LogP contribution is 2.26. The number of nitrogens with zero attached hydrogens (tertiary/aromatic N) is 5. The summed E-state index contributed by atoms with van der Waals surface area (Å²) in [5.41, 5.74) is 1.59. The highest BCUT2D eigenvalue weighted by molar-refractivity contribution is 5.55. The van der Waals surface area contributed by atoms with Crippen LogP contribution >= 0.6 is 0 Å². The summed E-state index contributed by atoms with van der Waals surface area (Å²) in [6, 6.07) is 3.73. The zero-order valence-electron chi connectivity index (χ0n) is 9.89. The largest absolute Gasteiger partial charge is 0.360 e. The van der Waals surface area contributed by atoms with Gasteiger partial charge in [0.25, 0.3) is 5.82 Å². The van der Waals surface area contributed by atoms with E-state index in [1.807, 2.05) is 20.8 Å². The Kier molecular flexibility index (Phi) is 2.33. The SMILES string of the molecule is [C-]#[N+]c1cc2nc(C(C)(C)C)c(C#N)n2cn1. The van der Waals surface area contributed by atoms with Crippen LogP contribution in [0.5, 0.6) is 0 Å².